The second-order valence-electron chi connectivity index (χ2n) is 16.7. The number of rotatable bonds is 5. The van der Waals surface area contributed by atoms with Crippen LogP contribution in [-0.4, -0.2) is 17.7 Å². The fourth-order valence-electron chi connectivity index (χ4n) is 10.2. The van der Waals surface area contributed by atoms with E-state index in [0.717, 1.165) is 38.8 Å². The number of anilines is 4. The molecule has 0 saturated heterocycles. The number of benzene rings is 6. The Morgan fingerprint density at radius 2 is 1.12 bits per heavy atom. The minimum Gasteiger partial charge on any atom is -0.341 e. The molecule has 1 aromatic heterocycles. The average molecular weight is 726 g/mol. The lowest BCUT2D eigenvalue weighted by molar-refractivity contribution is 0.659. The molecule has 0 amide bonds. The Balaban J connectivity index is 0.947. The molecule has 2 aliphatic carbocycles. The van der Waals surface area contributed by atoms with Gasteiger partial charge in [0.2, 0.25) is 0 Å². The Kier molecular flexibility index (Phi) is 7.74. The summed E-state index contributed by atoms with van der Waals surface area (Å²) < 4.78 is 2.47. The van der Waals surface area contributed by atoms with E-state index >= 15 is 0 Å². The lowest BCUT2D eigenvalue weighted by Gasteiger charge is -2.32. The maximum Gasteiger partial charge on any atom is 0.0542 e. The molecule has 2 aliphatic heterocycles. The molecule has 0 atom stereocenters. The van der Waals surface area contributed by atoms with Crippen LogP contribution < -0.4 is 9.80 Å². The third kappa shape index (κ3) is 5.32. The highest BCUT2D eigenvalue weighted by Gasteiger charge is 2.36. The summed E-state index contributed by atoms with van der Waals surface area (Å²) in [5.74, 6) is 0. The first-order valence-electron chi connectivity index (χ1n) is 20.6. The summed E-state index contributed by atoms with van der Waals surface area (Å²) >= 11 is 0. The highest BCUT2D eigenvalue weighted by Crippen LogP contribution is 2.51. The van der Waals surface area contributed by atoms with Crippen molar-refractivity contribution in [3.63, 3.8) is 0 Å². The first kappa shape index (κ1) is 33.3. The molecule has 3 heterocycles. The molecule has 7 aromatic rings. The summed E-state index contributed by atoms with van der Waals surface area (Å²) in [5, 5.41) is 2.60. The zero-order valence-corrected chi connectivity index (χ0v) is 32.4. The lowest BCUT2D eigenvalue weighted by atomic mass is 9.81. The van der Waals surface area contributed by atoms with Crippen molar-refractivity contribution < 1.29 is 0 Å². The van der Waals surface area contributed by atoms with Crippen LogP contribution in [-0.2, 0) is 18.3 Å². The summed E-state index contributed by atoms with van der Waals surface area (Å²) in [5.41, 5.74) is 19.9. The predicted molar refractivity (Wildman–Crippen MR) is 239 cm³/mol. The van der Waals surface area contributed by atoms with Gasteiger partial charge in [0.15, 0.2) is 0 Å². The summed E-state index contributed by atoms with van der Waals surface area (Å²) in [6.45, 7) is 6.90. The molecular weight excluding hydrogens is 679 g/mol. The largest absolute Gasteiger partial charge is 0.341 e. The van der Waals surface area contributed by atoms with Crippen LogP contribution >= 0.6 is 0 Å². The van der Waals surface area contributed by atoms with Crippen LogP contribution in [0.3, 0.4) is 0 Å². The zero-order valence-electron chi connectivity index (χ0n) is 32.4. The van der Waals surface area contributed by atoms with Gasteiger partial charge in [-0.25, -0.2) is 0 Å². The SMILES string of the molecule is CC1(C)c2cc(/C=C/c3ccc4c(c3)c3cc(N5CCCc6ccccc65)ccc3n4C3=CCCC=C3)ccc2-c2ccc(N3CCCc4ccccc43)cc21. The van der Waals surface area contributed by atoms with Gasteiger partial charge in [-0.2, -0.15) is 0 Å². The number of para-hydroxylation sites is 2. The van der Waals surface area contributed by atoms with E-state index in [1.165, 1.54) is 108 Å². The minimum atomic E-state index is -0.0879. The van der Waals surface area contributed by atoms with E-state index in [0.29, 0.717) is 0 Å². The molecule has 0 spiro atoms. The van der Waals surface area contributed by atoms with Crippen molar-refractivity contribution in [2.24, 2.45) is 0 Å². The van der Waals surface area contributed by atoms with E-state index in [4.69, 9.17) is 0 Å². The van der Waals surface area contributed by atoms with Crippen molar-refractivity contribution in [3.8, 4) is 11.1 Å². The van der Waals surface area contributed by atoms with Gasteiger partial charge in [-0.15, -0.1) is 0 Å². The van der Waals surface area contributed by atoms with Crippen molar-refractivity contribution in [3.05, 3.63) is 173 Å². The maximum atomic E-state index is 2.52. The van der Waals surface area contributed by atoms with Crippen molar-refractivity contribution in [1.29, 1.82) is 0 Å². The summed E-state index contributed by atoms with van der Waals surface area (Å²) in [4.78, 5) is 5.04. The maximum absolute atomic E-state index is 2.52. The number of allylic oxidation sites excluding steroid dienone is 4. The van der Waals surface area contributed by atoms with E-state index in [9.17, 15) is 0 Å². The summed E-state index contributed by atoms with van der Waals surface area (Å²) in [7, 11) is 0. The quantitative estimate of drug-likeness (QED) is 0.164. The third-order valence-electron chi connectivity index (χ3n) is 13.0. The van der Waals surface area contributed by atoms with Gasteiger partial charge >= 0.3 is 0 Å². The molecule has 0 fully saturated rings. The first-order chi connectivity index (χ1) is 27.5. The lowest BCUT2D eigenvalue weighted by Crippen LogP contribution is -2.25. The van der Waals surface area contributed by atoms with Gasteiger partial charge in [-0.3, -0.25) is 0 Å². The topological polar surface area (TPSA) is 11.4 Å². The van der Waals surface area contributed by atoms with Crippen LogP contribution in [0.25, 0.3) is 50.8 Å². The molecule has 0 radical (unpaired) electrons. The number of aromatic nitrogens is 1. The van der Waals surface area contributed by atoms with Crippen LogP contribution in [0.2, 0.25) is 0 Å². The normalized spacial score (nSPS) is 16.9. The van der Waals surface area contributed by atoms with E-state index in [1.54, 1.807) is 0 Å². The van der Waals surface area contributed by atoms with Crippen molar-refractivity contribution >= 4 is 62.4 Å². The zero-order chi connectivity index (χ0) is 37.4. The molecule has 274 valence electrons. The number of aryl methyl sites for hydroxylation is 2. The molecule has 6 aromatic carbocycles. The Hall–Kier alpha value is -6.06. The Morgan fingerprint density at radius 1 is 0.554 bits per heavy atom. The Morgan fingerprint density at radius 3 is 1.82 bits per heavy atom. The molecule has 4 aliphatic rings. The molecule has 0 unspecified atom stereocenters. The molecule has 0 saturated carbocycles. The van der Waals surface area contributed by atoms with Crippen LogP contribution in [0.15, 0.2) is 140 Å². The van der Waals surface area contributed by atoms with Gasteiger partial charge in [0.05, 0.1) is 11.0 Å². The first-order valence-corrected chi connectivity index (χ1v) is 20.6. The van der Waals surface area contributed by atoms with Gasteiger partial charge in [0, 0.05) is 57.7 Å². The number of hydrogen-bond acceptors (Lipinski definition) is 2. The molecule has 0 N–H and O–H groups in total. The summed E-state index contributed by atoms with van der Waals surface area (Å²) in [6.07, 6.45) is 18.5. The monoisotopic (exact) mass is 725 g/mol. The van der Waals surface area contributed by atoms with Crippen LogP contribution in [0.4, 0.5) is 22.7 Å². The van der Waals surface area contributed by atoms with Crippen LogP contribution in [0.5, 0.6) is 0 Å². The van der Waals surface area contributed by atoms with E-state index < -0.39 is 0 Å². The Labute approximate surface area is 330 Å². The summed E-state index contributed by atoms with van der Waals surface area (Å²) in [6, 6.07) is 46.2. The van der Waals surface area contributed by atoms with Gasteiger partial charge in [-0.05, 0) is 144 Å². The van der Waals surface area contributed by atoms with Crippen molar-refractivity contribution in [2.45, 2.75) is 57.8 Å². The molecule has 3 nitrogen and oxygen atoms in total. The third-order valence-corrected chi connectivity index (χ3v) is 13.0. The molecule has 3 heteroatoms. The van der Waals surface area contributed by atoms with E-state index in [1.807, 2.05) is 0 Å². The number of nitrogens with zero attached hydrogens (tertiary/aromatic N) is 3. The molecular formula is C53H47N3. The average Bonchev–Trinajstić information content (AvgIpc) is 3.69. The van der Waals surface area contributed by atoms with Crippen LogP contribution in [0.1, 0.15) is 72.9 Å². The number of fused-ring (bicyclic) bond motifs is 8. The standard InChI is InChI=1S/C53H47N3/c1-53(2)47-33-37(22-26-43(47)44-27-24-42(35-48(44)53)55-31-11-15-39-13-7-9-19-50(39)55)21-20-36-23-28-51-45(32-36)46-34-41(54-30-10-14-38-12-6-8-18-49(38)54)25-29-52(46)56(51)40-16-4-3-5-17-40/h4,6-9,12-13,16-29,32-35H,3,5,10-11,14-15,30-31H2,1-2H3/b21-20+. The second-order valence-corrected chi connectivity index (χ2v) is 16.7. The highest BCUT2D eigenvalue weighted by atomic mass is 15.1. The van der Waals surface area contributed by atoms with E-state index in [-0.39, 0.29) is 5.41 Å². The minimum absolute atomic E-state index is 0.0879. The molecule has 0 bridgehead atoms. The molecule has 56 heavy (non-hydrogen) atoms. The smallest absolute Gasteiger partial charge is 0.0542 e. The number of hydrogen-bond donors (Lipinski definition) is 0. The van der Waals surface area contributed by atoms with Gasteiger partial charge in [0.25, 0.3) is 0 Å². The van der Waals surface area contributed by atoms with Gasteiger partial charge in [0.1, 0.15) is 0 Å². The van der Waals surface area contributed by atoms with Crippen molar-refractivity contribution in [1.82, 2.24) is 4.57 Å². The second kappa shape index (κ2) is 13.0. The fraction of sp³-hybridized carbons (Fsp3) is 0.208. The van der Waals surface area contributed by atoms with E-state index in [2.05, 4.69) is 180 Å². The fourth-order valence-corrected chi connectivity index (χ4v) is 10.2. The van der Waals surface area contributed by atoms with Crippen molar-refractivity contribution in [2.75, 3.05) is 22.9 Å². The predicted octanol–water partition coefficient (Wildman–Crippen LogP) is 13.6. The highest BCUT2D eigenvalue weighted by molar-refractivity contribution is 6.12. The van der Waals surface area contributed by atoms with Gasteiger partial charge < -0.3 is 14.4 Å². The Bertz CT molecular complexity index is 2810. The van der Waals surface area contributed by atoms with Crippen LogP contribution in [0, 0.1) is 0 Å². The van der Waals surface area contributed by atoms with Gasteiger partial charge in [-0.1, -0.05) is 105 Å². The molecule has 11 rings (SSSR count).